The first-order valence-corrected chi connectivity index (χ1v) is 7.19. The number of nitrogens with one attached hydrogen (secondary N) is 1. The summed E-state index contributed by atoms with van der Waals surface area (Å²) in [5.74, 6) is -1.80. The van der Waals surface area contributed by atoms with E-state index in [-0.39, 0.29) is 23.7 Å². The maximum atomic E-state index is 12.0. The predicted octanol–water partition coefficient (Wildman–Crippen LogP) is 1.07. The van der Waals surface area contributed by atoms with Crippen LogP contribution in [-0.4, -0.2) is 53.0 Å². The minimum atomic E-state index is -1.15. The van der Waals surface area contributed by atoms with Gasteiger partial charge in [0.2, 0.25) is 0 Å². The number of halogens is 1. The number of carboxylic acids is 1. The highest BCUT2D eigenvalue weighted by atomic mass is 35.5. The Kier molecular flexibility index (Phi) is 6.69. The molecule has 0 aliphatic rings. The van der Waals surface area contributed by atoms with Crippen molar-refractivity contribution in [3.63, 3.8) is 0 Å². The van der Waals surface area contributed by atoms with Crippen LogP contribution >= 0.6 is 23.4 Å². The molecule has 110 valence electrons. The number of carboxylic acid groups (broad SMARTS) is 1. The second kappa shape index (κ2) is 8.03. The highest BCUT2D eigenvalue weighted by Crippen LogP contribution is 2.16. The summed E-state index contributed by atoms with van der Waals surface area (Å²) >= 11 is 7.10. The Labute approximate surface area is 125 Å². The largest absolute Gasteiger partial charge is 0.480 e. The molecule has 1 unspecified atom stereocenters. The van der Waals surface area contributed by atoms with Crippen molar-refractivity contribution < 1.29 is 19.4 Å². The van der Waals surface area contributed by atoms with Crippen LogP contribution in [0.3, 0.4) is 0 Å². The first-order valence-electron chi connectivity index (χ1n) is 5.58. The lowest BCUT2D eigenvalue weighted by atomic mass is 10.2. The molecule has 1 heterocycles. The number of aromatic nitrogens is 2. The summed E-state index contributed by atoms with van der Waals surface area (Å²) in [7, 11) is 1.45. The predicted molar refractivity (Wildman–Crippen MR) is 74.2 cm³/mol. The third kappa shape index (κ3) is 4.62. The normalized spacial score (nSPS) is 11.9. The van der Waals surface area contributed by atoms with Crippen LogP contribution in [0.15, 0.2) is 11.4 Å². The topological polar surface area (TPSA) is 101 Å². The summed E-state index contributed by atoms with van der Waals surface area (Å²) in [6.07, 6.45) is 3.21. The van der Waals surface area contributed by atoms with Crippen molar-refractivity contribution in [1.82, 2.24) is 15.3 Å². The number of hydrogen-bond acceptors (Lipinski definition) is 6. The van der Waals surface area contributed by atoms with Gasteiger partial charge in [-0.15, -0.1) is 0 Å². The van der Waals surface area contributed by atoms with Crippen LogP contribution in [0.25, 0.3) is 0 Å². The third-order valence-electron chi connectivity index (χ3n) is 2.33. The van der Waals surface area contributed by atoms with Gasteiger partial charge in [-0.25, -0.2) is 14.8 Å². The fourth-order valence-corrected chi connectivity index (χ4v) is 1.85. The highest BCUT2D eigenvalue weighted by molar-refractivity contribution is 7.98. The van der Waals surface area contributed by atoms with Gasteiger partial charge in [-0.2, -0.15) is 0 Å². The zero-order valence-corrected chi connectivity index (χ0v) is 12.5. The molecule has 0 aliphatic heterocycles. The van der Waals surface area contributed by atoms with Crippen LogP contribution < -0.4 is 5.32 Å². The van der Waals surface area contributed by atoms with Gasteiger partial charge in [-0.1, -0.05) is 23.4 Å². The molecule has 1 aromatic rings. The molecule has 1 aromatic heterocycles. The first-order chi connectivity index (χ1) is 9.49. The van der Waals surface area contributed by atoms with Gasteiger partial charge in [0.25, 0.3) is 5.91 Å². The number of rotatable bonds is 7. The van der Waals surface area contributed by atoms with E-state index >= 15 is 0 Å². The van der Waals surface area contributed by atoms with Crippen molar-refractivity contribution in [2.75, 3.05) is 20.0 Å². The molecule has 20 heavy (non-hydrogen) atoms. The summed E-state index contributed by atoms with van der Waals surface area (Å²) < 4.78 is 4.80. The number of nitrogens with zero attached hydrogens (tertiary/aromatic N) is 2. The first kappa shape index (κ1) is 16.7. The Morgan fingerprint density at radius 1 is 1.60 bits per heavy atom. The number of hydrogen-bond donors (Lipinski definition) is 2. The van der Waals surface area contributed by atoms with Gasteiger partial charge in [0, 0.05) is 20.1 Å². The van der Waals surface area contributed by atoms with Crippen LogP contribution in [0.1, 0.15) is 16.9 Å². The minimum Gasteiger partial charge on any atom is -0.480 e. The van der Waals surface area contributed by atoms with E-state index in [4.69, 9.17) is 21.4 Å². The molecule has 2 N–H and O–H groups in total. The molecular formula is C11H14ClN3O4S. The fraction of sp³-hybridized carbons (Fsp3) is 0.455. The maximum Gasteiger partial charge on any atom is 0.326 e. The quantitative estimate of drug-likeness (QED) is 0.572. The fourth-order valence-electron chi connectivity index (χ4n) is 1.33. The molecule has 0 aromatic carbocycles. The van der Waals surface area contributed by atoms with E-state index in [0.717, 1.165) is 0 Å². The molecule has 0 bridgehead atoms. The highest BCUT2D eigenvalue weighted by Gasteiger charge is 2.22. The van der Waals surface area contributed by atoms with Gasteiger partial charge in [0.1, 0.15) is 6.04 Å². The lowest BCUT2D eigenvalue weighted by Gasteiger charge is -2.14. The van der Waals surface area contributed by atoms with Crippen LogP contribution in [0.2, 0.25) is 5.02 Å². The number of carbonyl (C=O) groups excluding carboxylic acids is 1. The maximum absolute atomic E-state index is 12.0. The molecule has 0 radical (unpaired) electrons. The molecule has 0 aliphatic carbocycles. The summed E-state index contributed by atoms with van der Waals surface area (Å²) in [6, 6.07) is -1.06. The summed E-state index contributed by atoms with van der Waals surface area (Å²) in [4.78, 5) is 30.9. The van der Waals surface area contributed by atoms with Crippen molar-refractivity contribution in [2.45, 2.75) is 17.6 Å². The number of aliphatic carboxylic acids is 1. The molecule has 7 nitrogen and oxygen atoms in total. The number of carbonyl (C=O) groups is 2. The van der Waals surface area contributed by atoms with Crippen molar-refractivity contribution in [3.05, 3.63) is 16.9 Å². The van der Waals surface area contributed by atoms with Crippen molar-refractivity contribution in [1.29, 1.82) is 0 Å². The van der Waals surface area contributed by atoms with Gasteiger partial charge in [0.05, 0.1) is 11.2 Å². The van der Waals surface area contributed by atoms with E-state index in [1.165, 1.54) is 25.1 Å². The molecule has 0 saturated carbocycles. The van der Waals surface area contributed by atoms with Crippen LogP contribution in [0.4, 0.5) is 0 Å². The Morgan fingerprint density at radius 2 is 2.30 bits per heavy atom. The molecule has 0 saturated heterocycles. The molecule has 1 atom stereocenters. The van der Waals surface area contributed by atoms with E-state index < -0.39 is 17.9 Å². The molecule has 1 amide bonds. The Hall–Kier alpha value is -1.38. The van der Waals surface area contributed by atoms with Gasteiger partial charge < -0.3 is 15.2 Å². The van der Waals surface area contributed by atoms with E-state index in [9.17, 15) is 9.59 Å². The smallest absolute Gasteiger partial charge is 0.326 e. The average Bonchev–Trinajstić information content (AvgIpc) is 2.43. The Bertz CT molecular complexity index is 501. The SMILES string of the molecule is COCCC(NC(=O)c1nc(SC)ncc1Cl)C(=O)O. The van der Waals surface area contributed by atoms with Crippen LogP contribution in [0, 0.1) is 0 Å². The third-order valence-corrected chi connectivity index (χ3v) is 3.17. The zero-order chi connectivity index (χ0) is 15.1. The van der Waals surface area contributed by atoms with Crippen LogP contribution in [0.5, 0.6) is 0 Å². The van der Waals surface area contributed by atoms with E-state index in [1.807, 2.05) is 0 Å². The van der Waals surface area contributed by atoms with Gasteiger partial charge >= 0.3 is 5.97 Å². The minimum absolute atomic E-state index is 0.0466. The van der Waals surface area contributed by atoms with Crippen molar-refractivity contribution >= 4 is 35.2 Å². The number of amides is 1. The molecule has 1 rings (SSSR count). The van der Waals surface area contributed by atoms with Crippen molar-refractivity contribution in [3.8, 4) is 0 Å². The summed E-state index contributed by atoms with van der Waals surface area (Å²) in [5, 5.41) is 11.8. The lowest BCUT2D eigenvalue weighted by molar-refractivity contribution is -0.139. The van der Waals surface area contributed by atoms with Gasteiger partial charge in [0.15, 0.2) is 10.9 Å². The van der Waals surface area contributed by atoms with E-state index in [0.29, 0.717) is 5.16 Å². The molecule has 9 heteroatoms. The molecular weight excluding hydrogens is 306 g/mol. The summed E-state index contributed by atoms with van der Waals surface area (Å²) in [5.41, 5.74) is -0.0466. The average molecular weight is 320 g/mol. The monoisotopic (exact) mass is 319 g/mol. The van der Waals surface area contributed by atoms with Crippen LogP contribution in [-0.2, 0) is 9.53 Å². The van der Waals surface area contributed by atoms with E-state index in [1.54, 1.807) is 6.26 Å². The second-order valence-corrected chi connectivity index (χ2v) is 4.88. The summed E-state index contributed by atoms with van der Waals surface area (Å²) in [6.45, 7) is 0.213. The zero-order valence-electron chi connectivity index (χ0n) is 10.9. The van der Waals surface area contributed by atoms with Crippen molar-refractivity contribution in [2.24, 2.45) is 0 Å². The Morgan fingerprint density at radius 3 is 2.85 bits per heavy atom. The molecule has 0 spiro atoms. The van der Waals surface area contributed by atoms with Gasteiger partial charge in [-0.05, 0) is 6.26 Å². The number of ether oxygens (including phenoxy) is 1. The van der Waals surface area contributed by atoms with E-state index in [2.05, 4.69) is 15.3 Å². The second-order valence-electron chi connectivity index (χ2n) is 3.70. The lowest BCUT2D eigenvalue weighted by Crippen LogP contribution is -2.42. The number of methoxy groups -OCH3 is 1. The standard InChI is InChI=1S/C11H14ClN3O4S/c1-19-4-3-7(10(17)18)14-9(16)8-6(12)5-13-11(15-8)20-2/h5,7H,3-4H2,1-2H3,(H,14,16)(H,17,18). The number of thioether (sulfide) groups is 1. The Balaban J connectivity index is 2.85. The van der Waals surface area contributed by atoms with Gasteiger partial charge in [-0.3, -0.25) is 4.79 Å². The molecule has 0 fully saturated rings.